The third kappa shape index (κ3) is 4.43. The lowest BCUT2D eigenvalue weighted by Crippen LogP contribution is -2.63. The first-order chi connectivity index (χ1) is 8.15. The van der Waals surface area contributed by atoms with E-state index in [1.54, 1.807) is 0 Å². The third-order valence-corrected chi connectivity index (χ3v) is 4.07. The molecule has 0 saturated carbocycles. The van der Waals surface area contributed by atoms with Crippen molar-refractivity contribution < 1.29 is 13.2 Å². The topological polar surface area (TPSA) is 15.3 Å². The normalized spacial score (nSPS) is 27.2. The fraction of sp³-hybridized carbons (Fsp3) is 1.00. The first kappa shape index (κ1) is 15.8. The van der Waals surface area contributed by atoms with E-state index in [4.69, 9.17) is 0 Å². The van der Waals surface area contributed by atoms with Gasteiger partial charge in [-0.2, -0.15) is 13.2 Å². The van der Waals surface area contributed by atoms with Gasteiger partial charge in [-0.1, -0.05) is 20.3 Å². The number of rotatable bonds is 4. The Hall–Kier alpha value is -0.290. The highest BCUT2D eigenvalue weighted by atomic mass is 19.4. The number of halogens is 3. The average molecular weight is 266 g/mol. The van der Waals surface area contributed by atoms with Crippen molar-refractivity contribution in [2.24, 2.45) is 5.92 Å². The molecule has 0 aromatic rings. The van der Waals surface area contributed by atoms with Crippen LogP contribution in [0.15, 0.2) is 0 Å². The van der Waals surface area contributed by atoms with Gasteiger partial charge in [-0.15, -0.1) is 0 Å². The average Bonchev–Trinajstić information content (AvgIpc) is 2.25. The second-order valence-corrected chi connectivity index (χ2v) is 6.00. The highest BCUT2D eigenvalue weighted by Gasteiger charge is 2.37. The van der Waals surface area contributed by atoms with Crippen molar-refractivity contribution in [3.8, 4) is 0 Å². The molecule has 0 aromatic heterocycles. The van der Waals surface area contributed by atoms with Crippen LogP contribution in [0.1, 0.15) is 40.5 Å². The minimum absolute atomic E-state index is 0.102. The number of nitrogens with one attached hydrogen (secondary N) is 1. The summed E-state index contributed by atoms with van der Waals surface area (Å²) in [5, 5.41) is 3.46. The highest BCUT2D eigenvalue weighted by Crippen LogP contribution is 2.26. The van der Waals surface area contributed by atoms with Crippen molar-refractivity contribution in [1.82, 2.24) is 10.2 Å². The van der Waals surface area contributed by atoms with E-state index < -0.39 is 12.6 Å². The first-order valence-corrected chi connectivity index (χ1v) is 6.71. The van der Waals surface area contributed by atoms with Crippen molar-refractivity contribution in [2.45, 2.75) is 58.3 Å². The molecule has 1 saturated heterocycles. The van der Waals surface area contributed by atoms with E-state index in [1.165, 1.54) is 0 Å². The van der Waals surface area contributed by atoms with Crippen molar-refractivity contribution >= 4 is 0 Å². The van der Waals surface area contributed by atoms with Crippen LogP contribution in [0.2, 0.25) is 0 Å². The monoisotopic (exact) mass is 266 g/mol. The van der Waals surface area contributed by atoms with Gasteiger partial charge >= 0.3 is 6.18 Å². The number of hydrogen-bond acceptors (Lipinski definition) is 2. The van der Waals surface area contributed by atoms with Crippen LogP contribution in [0.3, 0.4) is 0 Å². The first-order valence-electron chi connectivity index (χ1n) is 6.71. The van der Waals surface area contributed by atoms with Crippen LogP contribution in [0.4, 0.5) is 13.2 Å². The molecule has 0 aliphatic carbocycles. The molecule has 1 aliphatic heterocycles. The number of alkyl halides is 3. The maximum absolute atomic E-state index is 12.3. The zero-order chi connectivity index (χ0) is 14.0. The Morgan fingerprint density at radius 3 is 2.50 bits per heavy atom. The molecule has 1 heterocycles. The number of nitrogens with zero attached hydrogens (tertiary/aromatic N) is 1. The summed E-state index contributed by atoms with van der Waals surface area (Å²) in [6.07, 6.45) is -3.73. The van der Waals surface area contributed by atoms with Gasteiger partial charge in [0, 0.05) is 31.2 Å². The van der Waals surface area contributed by atoms with Crippen molar-refractivity contribution in [3.05, 3.63) is 0 Å². The zero-order valence-corrected chi connectivity index (χ0v) is 11.8. The molecule has 5 heteroatoms. The molecule has 0 bridgehead atoms. The molecule has 2 unspecified atom stereocenters. The lowest BCUT2D eigenvalue weighted by molar-refractivity contribution is -0.142. The van der Waals surface area contributed by atoms with E-state index in [0.29, 0.717) is 18.5 Å². The lowest BCUT2D eigenvalue weighted by Gasteiger charge is -2.47. The van der Waals surface area contributed by atoms with Gasteiger partial charge in [0.1, 0.15) is 0 Å². The van der Waals surface area contributed by atoms with Crippen LogP contribution >= 0.6 is 0 Å². The SMILES string of the molecule is CCC(C)C1CN(CCC(F)(F)F)C(C)(C)CN1. The molecule has 1 fully saturated rings. The van der Waals surface area contributed by atoms with Gasteiger partial charge in [-0.25, -0.2) is 0 Å². The van der Waals surface area contributed by atoms with Crippen molar-refractivity contribution in [2.75, 3.05) is 19.6 Å². The van der Waals surface area contributed by atoms with Crippen LogP contribution in [0, 0.1) is 5.92 Å². The molecule has 1 N–H and O–H groups in total. The Bertz CT molecular complexity index is 263. The van der Waals surface area contributed by atoms with Gasteiger partial charge in [-0.3, -0.25) is 4.90 Å². The molecule has 2 nitrogen and oxygen atoms in total. The van der Waals surface area contributed by atoms with E-state index in [9.17, 15) is 13.2 Å². The summed E-state index contributed by atoms with van der Waals surface area (Å²) in [4.78, 5) is 1.98. The Morgan fingerprint density at radius 2 is 2.00 bits per heavy atom. The minimum Gasteiger partial charge on any atom is -0.311 e. The van der Waals surface area contributed by atoms with Crippen LogP contribution in [0.5, 0.6) is 0 Å². The maximum Gasteiger partial charge on any atom is 0.390 e. The highest BCUT2D eigenvalue weighted by molar-refractivity contribution is 4.94. The molecular formula is C13H25F3N2. The predicted molar refractivity (Wildman–Crippen MR) is 67.6 cm³/mol. The minimum atomic E-state index is -4.06. The zero-order valence-electron chi connectivity index (χ0n) is 11.8. The molecule has 0 amide bonds. The van der Waals surface area contributed by atoms with Crippen LogP contribution in [0.25, 0.3) is 0 Å². The lowest BCUT2D eigenvalue weighted by atomic mass is 9.90. The quantitative estimate of drug-likeness (QED) is 0.841. The fourth-order valence-corrected chi connectivity index (χ4v) is 2.36. The summed E-state index contributed by atoms with van der Waals surface area (Å²) in [5.41, 5.74) is -0.199. The Balaban J connectivity index is 2.60. The number of piperazine rings is 1. The Kier molecular flexibility index (Phi) is 5.06. The molecular weight excluding hydrogens is 241 g/mol. The summed E-state index contributed by atoms with van der Waals surface area (Å²) in [5.74, 6) is 0.495. The van der Waals surface area contributed by atoms with Crippen molar-refractivity contribution in [3.63, 3.8) is 0 Å². The second-order valence-electron chi connectivity index (χ2n) is 6.00. The van der Waals surface area contributed by atoms with Crippen LogP contribution < -0.4 is 5.32 Å². The standard InChI is InChI=1S/C13H25F3N2/c1-5-10(2)11-8-18(7-6-13(14,15)16)12(3,4)9-17-11/h10-11,17H,5-9H2,1-4H3. The summed E-state index contributed by atoms with van der Waals surface area (Å²) >= 11 is 0. The van der Waals surface area contributed by atoms with Crippen molar-refractivity contribution in [1.29, 1.82) is 0 Å². The van der Waals surface area contributed by atoms with E-state index in [2.05, 4.69) is 19.2 Å². The van der Waals surface area contributed by atoms with Crippen LogP contribution in [-0.2, 0) is 0 Å². The van der Waals surface area contributed by atoms with Gasteiger partial charge in [0.05, 0.1) is 6.42 Å². The molecule has 18 heavy (non-hydrogen) atoms. The van der Waals surface area contributed by atoms with E-state index in [-0.39, 0.29) is 12.1 Å². The second kappa shape index (κ2) is 5.78. The van der Waals surface area contributed by atoms with Crippen LogP contribution in [-0.4, -0.2) is 42.3 Å². The third-order valence-electron chi connectivity index (χ3n) is 4.07. The van der Waals surface area contributed by atoms with Gasteiger partial charge in [0.15, 0.2) is 0 Å². The van der Waals surface area contributed by atoms with E-state index >= 15 is 0 Å². The Labute approximate surface area is 108 Å². The summed E-state index contributed by atoms with van der Waals surface area (Å²) in [6.45, 7) is 9.83. The van der Waals surface area contributed by atoms with Gasteiger partial charge in [-0.05, 0) is 19.8 Å². The largest absolute Gasteiger partial charge is 0.390 e. The van der Waals surface area contributed by atoms with Gasteiger partial charge in [0.25, 0.3) is 0 Å². The summed E-state index contributed by atoms with van der Waals surface area (Å²) in [6, 6.07) is 0.302. The summed E-state index contributed by atoms with van der Waals surface area (Å²) < 4.78 is 37.0. The molecule has 0 spiro atoms. The van der Waals surface area contributed by atoms with E-state index in [1.807, 2.05) is 18.7 Å². The smallest absolute Gasteiger partial charge is 0.311 e. The molecule has 0 aromatic carbocycles. The summed E-state index contributed by atoms with van der Waals surface area (Å²) in [7, 11) is 0. The van der Waals surface area contributed by atoms with E-state index in [0.717, 1.165) is 13.0 Å². The Morgan fingerprint density at radius 1 is 1.39 bits per heavy atom. The predicted octanol–water partition coefficient (Wildman–Crippen LogP) is 3.04. The van der Waals surface area contributed by atoms with Gasteiger partial charge < -0.3 is 5.32 Å². The number of hydrogen-bond donors (Lipinski definition) is 1. The molecule has 108 valence electrons. The molecule has 1 rings (SSSR count). The fourth-order valence-electron chi connectivity index (χ4n) is 2.36. The van der Waals surface area contributed by atoms with Gasteiger partial charge in [0.2, 0.25) is 0 Å². The maximum atomic E-state index is 12.3. The molecule has 2 atom stereocenters. The molecule has 1 aliphatic rings. The molecule has 0 radical (unpaired) electrons.